The molecule has 1 saturated heterocycles. The van der Waals surface area contributed by atoms with Crippen LogP contribution in [0.25, 0.3) is 0 Å². The Morgan fingerprint density at radius 1 is 1.28 bits per heavy atom. The van der Waals surface area contributed by atoms with Crippen molar-refractivity contribution in [2.45, 2.75) is 19.3 Å². The lowest BCUT2D eigenvalue weighted by atomic mass is 9.82. The van der Waals surface area contributed by atoms with Crippen molar-refractivity contribution in [1.29, 1.82) is 0 Å². The zero-order valence-corrected chi connectivity index (χ0v) is 12.7. The van der Waals surface area contributed by atoms with Gasteiger partial charge in [-0.25, -0.2) is 0 Å². The number of rotatable bonds is 3. The molecule has 0 bridgehead atoms. The van der Waals surface area contributed by atoms with Crippen molar-refractivity contribution < 1.29 is 9.47 Å². The standard InChI is InChI=1S/C14H20BrNO2/c1-9-8-16-7-6-10(9)11-4-5-12(17-2)13(15)14(11)18-3/h4-5,9-10,16H,6-8H2,1-3H3. The maximum absolute atomic E-state index is 5.57. The summed E-state index contributed by atoms with van der Waals surface area (Å²) >= 11 is 3.57. The predicted octanol–water partition coefficient (Wildman–Crippen LogP) is 3.18. The van der Waals surface area contributed by atoms with Crippen molar-refractivity contribution in [2.75, 3.05) is 27.3 Å². The van der Waals surface area contributed by atoms with Gasteiger partial charge < -0.3 is 14.8 Å². The molecule has 0 saturated carbocycles. The summed E-state index contributed by atoms with van der Waals surface area (Å²) in [7, 11) is 3.39. The lowest BCUT2D eigenvalue weighted by Gasteiger charge is -2.31. The summed E-state index contributed by atoms with van der Waals surface area (Å²) in [5.74, 6) is 2.89. The highest BCUT2D eigenvalue weighted by Crippen LogP contribution is 2.43. The number of methoxy groups -OCH3 is 2. The number of halogens is 1. The molecule has 2 unspecified atom stereocenters. The quantitative estimate of drug-likeness (QED) is 0.929. The summed E-state index contributed by atoms with van der Waals surface area (Å²) in [4.78, 5) is 0. The summed E-state index contributed by atoms with van der Waals surface area (Å²) in [5, 5.41) is 3.43. The number of hydrogen-bond acceptors (Lipinski definition) is 3. The lowest BCUT2D eigenvalue weighted by Crippen LogP contribution is -2.33. The van der Waals surface area contributed by atoms with Crippen molar-refractivity contribution in [3.8, 4) is 11.5 Å². The minimum Gasteiger partial charge on any atom is -0.495 e. The molecule has 0 amide bonds. The van der Waals surface area contributed by atoms with E-state index in [2.05, 4.69) is 34.2 Å². The predicted molar refractivity (Wildman–Crippen MR) is 76.6 cm³/mol. The average molecular weight is 314 g/mol. The molecule has 100 valence electrons. The van der Waals surface area contributed by atoms with Crippen molar-refractivity contribution >= 4 is 15.9 Å². The van der Waals surface area contributed by atoms with Gasteiger partial charge in [-0.1, -0.05) is 13.0 Å². The molecule has 1 N–H and O–H groups in total. The van der Waals surface area contributed by atoms with Gasteiger partial charge in [0.05, 0.1) is 14.2 Å². The average Bonchev–Trinajstić information content (AvgIpc) is 2.39. The third-order valence-electron chi connectivity index (χ3n) is 3.70. The topological polar surface area (TPSA) is 30.5 Å². The van der Waals surface area contributed by atoms with Crippen LogP contribution in [0.4, 0.5) is 0 Å². The first-order valence-corrected chi connectivity index (χ1v) is 7.09. The smallest absolute Gasteiger partial charge is 0.140 e. The first-order chi connectivity index (χ1) is 8.69. The van der Waals surface area contributed by atoms with Crippen LogP contribution in [0.1, 0.15) is 24.8 Å². The van der Waals surface area contributed by atoms with Crippen LogP contribution in [0.2, 0.25) is 0 Å². The molecule has 3 nitrogen and oxygen atoms in total. The highest BCUT2D eigenvalue weighted by Gasteiger charge is 2.27. The van der Waals surface area contributed by atoms with Gasteiger partial charge in [0.25, 0.3) is 0 Å². The fourth-order valence-corrected chi connectivity index (χ4v) is 3.37. The Morgan fingerprint density at radius 2 is 2.06 bits per heavy atom. The van der Waals surface area contributed by atoms with Gasteiger partial charge in [0.15, 0.2) is 0 Å². The summed E-state index contributed by atoms with van der Waals surface area (Å²) in [6.45, 7) is 4.42. The van der Waals surface area contributed by atoms with E-state index in [0.717, 1.165) is 35.5 Å². The van der Waals surface area contributed by atoms with Crippen LogP contribution in [-0.2, 0) is 0 Å². The Hall–Kier alpha value is -0.740. The minimum atomic E-state index is 0.545. The summed E-state index contributed by atoms with van der Waals surface area (Å²) in [6, 6.07) is 4.14. The van der Waals surface area contributed by atoms with Crippen molar-refractivity contribution in [3.05, 3.63) is 22.2 Å². The van der Waals surface area contributed by atoms with Gasteiger partial charge in [-0.15, -0.1) is 0 Å². The Balaban J connectivity index is 2.40. The molecule has 0 radical (unpaired) electrons. The molecule has 1 aliphatic heterocycles. The second-order valence-corrected chi connectivity index (χ2v) is 5.57. The Morgan fingerprint density at radius 3 is 2.67 bits per heavy atom. The highest BCUT2D eigenvalue weighted by atomic mass is 79.9. The summed E-state index contributed by atoms with van der Waals surface area (Å²) in [6.07, 6.45) is 1.15. The SMILES string of the molecule is COc1ccc(C2CCNCC2C)c(OC)c1Br. The molecule has 2 atom stereocenters. The van der Waals surface area contributed by atoms with E-state index in [1.165, 1.54) is 5.56 Å². The Kier molecular flexibility index (Phi) is 4.51. The van der Waals surface area contributed by atoms with Crippen LogP contribution in [0.15, 0.2) is 16.6 Å². The van der Waals surface area contributed by atoms with Crippen LogP contribution < -0.4 is 14.8 Å². The van der Waals surface area contributed by atoms with E-state index in [1.54, 1.807) is 14.2 Å². The van der Waals surface area contributed by atoms with Crippen LogP contribution in [0.3, 0.4) is 0 Å². The van der Waals surface area contributed by atoms with E-state index in [-0.39, 0.29) is 0 Å². The van der Waals surface area contributed by atoms with Crippen LogP contribution in [0.5, 0.6) is 11.5 Å². The maximum atomic E-state index is 5.57. The molecule has 1 aliphatic rings. The van der Waals surface area contributed by atoms with Crippen LogP contribution in [0, 0.1) is 5.92 Å². The molecule has 4 heteroatoms. The lowest BCUT2D eigenvalue weighted by molar-refractivity contribution is 0.331. The van der Waals surface area contributed by atoms with E-state index in [4.69, 9.17) is 9.47 Å². The first-order valence-electron chi connectivity index (χ1n) is 6.30. The number of piperidine rings is 1. The molecule has 2 rings (SSSR count). The minimum absolute atomic E-state index is 0.545. The monoisotopic (exact) mass is 313 g/mol. The molecule has 1 aromatic rings. The molecule has 18 heavy (non-hydrogen) atoms. The van der Waals surface area contributed by atoms with Gasteiger partial charge in [-0.3, -0.25) is 0 Å². The van der Waals surface area contributed by atoms with E-state index >= 15 is 0 Å². The molecule has 0 aromatic heterocycles. The Bertz CT molecular complexity index is 423. The molecule has 1 heterocycles. The largest absolute Gasteiger partial charge is 0.495 e. The molecule has 1 aromatic carbocycles. The van der Waals surface area contributed by atoms with Crippen molar-refractivity contribution in [3.63, 3.8) is 0 Å². The molecular weight excluding hydrogens is 294 g/mol. The second kappa shape index (κ2) is 5.93. The summed E-state index contributed by atoms with van der Waals surface area (Å²) < 4.78 is 11.8. The van der Waals surface area contributed by atoms with Gasteiger partial charge in [-0.2, -0.15) is 0 Å². The van der Waals surface area contributed by atoms with Gasteiger partial charge in [-0.05, 0) is 58.9 Å². The normalized spacial score (nSPS) is 23.8. The number of hydrogen-bond donors (Lipinski definition) is 1. The van der Waals surface area contributed by atoms with Crippen molar-refractivity contribution in [1.82, 2.24) is 5.32 Å². The van der Waals surface area contributed by atoms with Crippen LogP contribution in [-0.4, -0.2) is 27.3 Å². The number of nitrogens with one attached hydrogen (secondary N) is 1. The molecule has 0 aliphatic carbocycles. The number of ether oxygens (including phenoxy) is 2. The van der Waals surface area contributed by atoms with Gasteiger partial charge >= 0.3 is 0 Å². The highest BCUT2D eigenvalue weighted by molar-refractivity contribution is 9.10. The number of benzene rings is 1. The Labute approximate surface area is 117 Å². The molecule has 0 spiro atoms. The van der Waals surface area contributed by atoms with E-state index < -0.39 is 0 Å². The second-order valence-electron chi connectivity index (χ2n) is 4.78. The fraction of sp³-hybridized carbons (Fsp3) is 0.571. The maximum Gasteiger partial charge on any atom is 0.140 e. The summed E-state index contributed by atoms with van der Waals surface area (Å²) in [5.41, 5.74) is 1.28. The van der Waals surface area contributed by atoms with Gasteiger partial charge in [0.2, 0.25) is 0 Å². The van der Waals surface area contributed by atoms with Crippen molar-refractivity contribution in [2.24, 2.45) is 5.92 Å². The molecular formula is C14H20BrNO2. The molecule has 1 fully saturated rings. The van der Waals surface area contributed by atoms with E-state index in [0.29, 0.717) is 11.8 Å². The fourth-order valence-electron chi connectivity index (χ4n) is 2.69. The van der Waals surface area contributed by atoms with Crippen LogP contribution >= 0.6 is 15.9 Å². The van der Waals surface area contributed by atoms with Gasteiger partial charge in [0, 0.05) is 0 Å². The van der Waals surface area contributed by atoms with Gasteiger partial charge in [0.1, 0.15) is 16.0 Å². The zero-order chi connectivity index (χ0) is 13.1. The third kappa shape index (κ3) is 2.50. The van der Waals surface area contributed by atoms with E-state index in [1.807, 2.05) is 6.07 Å². The zero-order valence-electron chi connectivity index (χ0n) is 11.1. The third-order valence-corrected chi connectivity index (χ3v) is 4.45. The van der Waals surface area contributed by atoms with E-state index in [9.17, 15) is 0 Å². The first kappa shape index (κ1) is 13.7.